The molecule has 0 aromatic heterocycles. The van der Waals surface area contributed by atoms with Crippen molar-refractivity contribution in [2.45, 2.75) is 66.6 Å². The summed E-state index contributed by atoms with van der Waals surface area (Å²) >= 11 is 0. The summed E-state index contributed by atoms with van der Waals surface area (Å²) in [7, 11) is 0. The number of aliphatic hydroxyl groups is 2. The van der Waals surface area contributed by atoms with Gasteiger partial charge in [-0.05, 0) is 6.42 Å². The van der Waals surface area contributed by atoms with Crippen LogP contribution in [0.25, 0.3) is 0 Å². The minimum Gasteiger partial charge on any atom is -0.476 e. The van der Waals surface area contributed by atoms with E-state index in [-0.39, 0.29) is 0 Å². The van der Waals surface area contributed by atoms with Crippen molar-refractivity contribution in [3.63, 3.8) is 0 Å². The first-order valence-corrected chi connectivity index (χ1v) is 9.65. The summed E-state index contributed by atoms with van der Waals surface area (Å²) in [5, 5.41) is 32.0. The van der Waals surface area contributed by atoms with Gasteiger partial charge in [-0.15, -0.1) is 0 Å². The number of aliphatic hydroxyl groups excluding tert-OH is 2. The average molecular weight is 688 g/mol. The molecule has 0 saturated heterocycles. The van der Waals surface area contributed by atoms with Gasteiger partial charge < -0.3 is 20.4 Å². The summed E-state index contributed by atoms with van der Waals surface area (Å²) in [5.74, 6) is -62.5. The molecule has 43 heavy (non-hydrogen) atoms. The van der Waals surface area contributed by atoms with E-state index in [0.29, 0.717) is 0 Å². The van der Waals surface area contributed by atoms with Gasteiger partial charge in [0.15, 0.2) is 0 Å². The van der Waals surface area contributed by atoms with Crippen molar-refractivity contribution >= 4 is 11.9 Å². The second-order valence-electron chi connectivity index (χ2n) is 7.44. The lowest BCUT2D eigenvalue weighted by Crippen LogP contribution is -2.74. The molecule has 6 nitrogen and oxygen atoms in total. The molecule has 0 fully saturated rings. The number of carboxylic acids is 2. The van der Waals surface area contributed by atoms with Crippen molar-refractivity contribution < 1.29 is 113 Å². The van der Waals surface area contributed by atoms with E-state index >= 15 is 0 Å². The van der Waals surface area contributed by atoms with Crippen LogP contribution in [0.3, 0.4) is 0 Å². The largest absolute Gasteiger partial charge is 0.476 e. The fraction of sp³-hybridized carbons (Fsp3) is 0.667. The fourth-order valence-electron chi connectivity index (χ4n) is 1.79. The zero-order chi connectivity index (χ0) is 36.0. The monoisotopic (exact) mass is 688 g/mol. The molecular formula is C18H15F19O6. The molecule has 0 rings (SSSR count). The number of hydrogen-bond acceptors (Lipinski definition) is 4. The molecule has 0 bridgehead atoms. The van der Waals surface area contributed by atoms with Crippen LogP contribution in [0.15, 0.2) is 24.8 Å². The Hall–Kier alpha value is -2.99. The van der Waals surface area contributed by atoms with Crippen LogP contribution in [0.4, 0.5) is 83.4 Å². The molecule has 0 aromatic carbocycles. The van der Waals surface area contributed by atoms with Crippen LogP contribution in [0.5, 0.6) is 0 Å². The normalized spacial score (nSPS) is 14.4. The molecule has 1 unspecified atom stereocenters. The lowest BCUT2D eigenvalue weighted by Gasteiger charge is -2.42. The molecule has 4 N–H and O–H groups in total. The number of alkyl halides is 17. The molecule has 1 atom stereocenters. The maximum Gasteiger partial charge on any atom is 0.460 e. The molecule has 0 amide bonds. The first-order chi connectivity index (χ1) is 18.5. The van der Waals surface area contributed by atoms with Crippen LogP contribution >= 0.6 is 0 Å². The maximum atomic E-state index is 13.4. The third kappa shape index (κ3) is 9.25. The standard InChI is InChI=1S/C12H9F17O2.2C3H3FO2/c13-5(14,2-1-4(31)3-30)6(15,16)7(17,18)8(19,20)9(21,22)10(23,24)11(25,26)12(27,28)29;2*1-2(4)3(5)6/h4,30-31H,1-3H2;2*1H2,(H,5,6). The zero-order valence-electron chi connectivity index (χ0n) is 19.9. The molecule has 0 aliphatic heterocycles. The lowest BCUT2D eigenvalue weighted by molar-refractivity contribution is -0.461. The minimum atomic E-state index is -8.66. The molecule has 256 valence electrons. The Balaban J connectivity index is -0.00000111. The smallest absolute Gasteiger partial charge is 0.460 e. The Labute approximate surface area is 224 Å². The van der Waals surface area contributed by atoms with E-state index in [4.69, 9.17) is 20.4 Å². The summed E-state index contributed by atoms with van der Waals surface area (Å²) in [6.45, 7) is 3.50. The average Bonchev–Trinajstić information content (AvgIpc) is 2.81. The van der Waals surface area contributed by atoms with Gasteiger partial charge in [-0.2, -0.15) is 83.4 Å². The third-order valence-corrected chi connectivity index (χ3v) is 4.25. The quantitative estimate of drug-likeness (QED) is 0.143. The molecule has 0 aromatic rings. The zero-order valence-corrected chi connectivity index (χ0v) is 19.9. The fourth-order valence-corrected chi connectivity index (χ4v) is 1.79. The summed E-state index contributed by atoms with van der Waals surface area (Å²) in [6.07, 6.45) is -14.7. The van der Waals surface area contributed by atoms with Crippen molar-refractivity contribution in [3.05, 3.63) is 24.8 Å². The molecule has 0 aliphatic carbocycles. The Morgan fingerprint density at radius 2 is 0.791 bits per heavy atom. The molecule has 0 aliphatic rings. The summed E-state index contributed by atoms with van der Waals surface area (Å²) in [5.41, 5.74) is 0. The Bertz CT molecular complexity index is 941. The van der Waals surface area contributed by atoms with Crippen molar-refractivity contribution in [1.29, 1.82) is 0 Å². The van der Waals surface area contributed by atoms with Crippen molar-refractivity contribution in [1.82, 2.24) is 0 Å². The predicted octanol–water partition coefficient (Wildman–Crippen LogP) is 6.24. The first-order valence-electron chi connectivity index (χ1n) is 9.65. The summed E-state index contributed by atoms with van der Waals surface area (Å²) in [6, 6.07) is 0. The van der Waals surface area contributed by atoms with Crippen LogP contribution in [-0.4, -0.2) is 92.7 Å². The van der Waals surface area contributed by atoms with Gasteiger partial charge in [0.25, 0.3) is 0 Å². The van der Waals surface area contributed by atoms with Crippen molar-refractivity contribution in [3.8, 4) is 0 Å². The highest BCUT2D eigenvalue weighted by Crippen LogP contribution is 2.64. The second kappa shape index (κ2) is 14.2. The number of halogens is 19. The molecule has 0 saturated carbocycles. The highest BCUT2D eigenvalue weighted by molar-refractivity contribution is 5.83. The Kier molecular flexibility index (Phi) is 14.7. The first kappa shape index (κ1) is 44.5. The van der Waals surface area contributed by atoms with Gasteiger partial charge in [-0.1, -0.05) is 13.2 Å². The number of carbonyl (C=O) groups is 2. The van der Waals surface area contributed by atoms with E-state index in [1.54, 1.807) is 0 Å². The van der Waals surface area contributed by atoms with E-state index < -0.39 is 96.8 Å². The van der Waals surface area contributed by atoms with Gasteiger partial charge in [-0.25, -0.2) is 9.59 Å². The van der Waals surface area contributed by atoms with E-state index in [1.807, 2.05) is 0 Å². The second-order valence-corrected chi connectivity index (χ2v) is 7.44. The summed E-state index contributed by atoms with van der Waals surface area (Å²) in [4.78, 5) is 18.4. The van der Waals surface area contributed by atoms with E-state index in [2.05, 4.69) is 13.2 Å². The van der Waals surface area contributed by atoms with E-state index in [9.17, 15) is 93.0 Å². The van der Waals surface area contributed by atoms with Gasteiger partial charge >= 0.3 is 59.6 Å². The molecule has 25 heteroatoms. The topological polar surface area (TPSA) is 115 Å². The summed E-state index contributed by atoms with van der Waals surface area (Å²) < 4.78 is 242. The molecule has 0 heterocycles. The molecule has 0 radical (unpaired) electrons. The third-order valence-electron chi connectivity index (χ3n) is 4.25. The van der Waals surface area contributed by atoms with Crippen LogP contribution in [0.1, 0.15) is 12.8 Å². The van der Waals surface area contributed by atoms with E-state index in [1.165, 1.54) is 0 Å². The highest BCUT2D eigenvalue weighted by Gasteiger charge is 2.95. The van der Waals surface area contributed by atoms with Crippen LogP contribution in [0.2, 0.25) is 0 Å². The number of carboxylic acid groups (broad SMARTS) is 2. The van der Waals surface area contributed by atoms with Crippen molar-refractivity contribution in [2.24, 2.45) is 0 Å². The van der Waals surface area contributed by atoms with Crippen molar-refractivity contribution in [2.75, 3.05) is 6.61 Å². The molecular weight excluding hydrogens is 673 g/mol. The number of rotatable bonds is 12. The molecule has 0 spiro atoms. The van der Waals surface area contributed by atoms with Gasteiger partial charge in [-0.3, -0.25) is 0 Å². The highest BCUT2D eigenvalue weighted by atomic mass is 19.4. The maximum absolute atomic E-state index is 13.4. The Morgan fingerprint density at radius 1 is 0.558 bits per heavy atom. The van der Waals surface area contributed by atoms with Gasteiger partial charge in [0.05, 0.1) is 12.7 Å². The van der Waals surface area contributed by atoms with Crippen LogP contribution in [-0.2, 0) is 9.59 Å². The van der Waals surface area contributed by atoms with Crippen LogP contribution in [0, 0.1) is 0 Å². The van der Waals surface area contributed by atoms with E-state index in [0.717, 1.165) is 0 Å². The van der Waals surface area contributed by atoms with Crippen LogP contribution < -0.4 is 0 Å². The SMILES string of the molecule is C=C(F)C(=O)O.C=C(F)C(=O)O.OCC(O)CCC(F)(F)C(F)(F)C(F)(F)C(F)(F)C(F)(F)C(F)(F)C(F)(F)C(F)(F)F. The lowest BCUT2D eigenvalue weighted by atomic mass is 9.87. The van der Waals surface area contributed by atoms with Gasteiger partial charge in [0, 0.05) is 6.42 Å². The minimum absolute atomic E-state index is 1.32. The van der Waals surface area contributed by atoms with Gasteiger partial charge in [0.1, 0.15) is 0 Å². The number of hydrogen-bond donors (Lipinski definition) is 4. The number of aliphatic carboxylic acids is 2. The Morgan fingerprint density at radius 3 is 1.00 bits per heavy atom. The predicted molar refractivity (Wildman–Crippen MR) is 98.8 cm³/mol. The van der Waals surface area contributed by atoms with Gasteiger partial charge in [0.2, 0.25) is 11.7 Å².